The Bertz CT molecular complexity index is 1950. The summed E-state index contributed by atoms with van der Waals surface area (Å²) in [5.74, 6) is 1.64. The lowest BCUT2D eigenvalue weighted by molar-refractivity contribution is -0.149. The van der Waals surface area contributed by atoms with Crippen molar-refractivity contribution in [2.75, 3.05) is 31.2 Å². The summed E-state index contributed by atoms with van der Waals surface area (Å²) in [6.45, 7) is 6.58. The van der Waals surface area contributed by atoms with E-state index in [1.807, 2.05) is 48.0 Å². The number of nitrogens with one attached hydrogen (secondary N) is 1. The van der Waals surface area contributed by atoms with Gasteiger partial charge in [0, 0.05) is 61.5 Å². The van der Waals surface area contributed by atoms with Crippen molar-refractivity contribution in [3.8, 4) is 28.5 Å². The first-order chi connectivity index (χ1) is 21.9. The van der Waals surface area contributed by atoms with Crippen LogP contribution in [-0.4, -0.2) is 82.4 Å². The number of aromatic amines is 1. The van der Waals surface area contributed by atoms with E-state index in [9.17, 15) is 4.79 Å². The molecule has 0 aliphatic carbocycles. The molecule has 1 aliphatic rings. The van der Waals surface area contributed by atoms with Crippen LogP contribution >= 0.6 is 0 Å². The van der Waals surface area contributed by atoms with E-state index in [0.717, 1.165) is 35.9 Å². The van der Waals surface area contributed by atoms with Crippen LogP contribution in [0.5, 0.6) is 0 Å². The molecule has 1 saturated heterocycles. The average molecular weight is 608 g/mol. The molecule has 14 nitrogen and oxygen atoms in total. The number of anilines is 1. The van der Waals surface area contributed by atoms with Crippen LogP contribution in [0.15, 0.2) is 67.1 Å². The van der Waals surface area contributed by atoms with Gasteiger partial charge in [0.05, 0.1) is 18.9 Å². The number of nitrogens with zero attached hydrogens (tertiary/aromatic N) is 9. The first kappa shape index (κ1) is 28.4. The molecule has 6 heterocycles. The zero-order valence-corrected chi connectivity index (χ0v) is 25.0. The van der Waals surface area contributed by atoms with Crippen molar-refractivity contribution >= 4 is 17.4 Å². The first-order valence-corrected chi connectivity index (χ1v) is 14.7. The zero-order chi connectivity index (χ0) is 30.9. The molecule has 1 aromatic carbocycles. The largest absolute Gasteiger partial charge is 0.441 e. The van der Waals surface area contributed by atoms with Crippen LogP contribution in [0.3, 0.4) is 0 Å². The second kappa shape index (κ2) is 12.0. The Morgan fingerprint density at radius 1 is 1.04 bits per heavy atom. The van der Waals surface area contributed by atoms with E-state index in [4.69, 9.17) is 30.4 Å². The van der Waals surface area contributed by atoms with Crippen molar-refractivity contribution in [3.63, 3.8) is 0 Å². The number of aromatic nitrogens is 9. The number of hydrogen-bond donors (Lipinski definition) is 2. The lowest BCUT2D eigenvalue weighted by atomic mass is 10.1. The molecule has 14 heteroatoms. The van der Waals surface area contributed by atoms with E-state index in [1.54, 1.807) is 21.8 Å². The van der Waals surface area contributed by atoms with Gasteiger partial charge in [-0.25, -0.2) is 19.3 Å². The molecule has 5 aromatic heterocycles. The number of esters is 1. The number of nitrogens with two attached hydrogens (primary N) is 1. The highest BCUT2D eigenvalue weighted by molar-refractivity contribution is 5.75. The van der Waals surface area contributed by atoms with Gasteiger partial charge in [0.25, 0.3) is 0 Å². The standard InChI is InChI=1S/C31H33N11O3/c1-20-4-3-5-22(14-20)24-6-9-40(36-24)28-18-30(39-10-12-44-13-11-39)42-29(35-28)17-26(38-42)25-15-21(2)41(37-25)19-45-31(43)23(32)16-27-33-7-8-34-27/h3-9,14-15,17-18,23H,10-13,16,19,32H2,1-2H3,(H,33,34)/t23-/m0/s1. The number of rotatable bonds is 9. The Morgan fingerprint density at radius 2 is 1.89 bits per heavy atom. The molecular weight excluding hydrogens is 574 g/mol. The van der Waals surface area contributed by atoms with Gasteiger partial charge in [0.15, 0.2) is 18.2 Å². The number of ether oxygens (including phenoxy) is 2. The molecule has 7 rings (SSSR count). The molecule has 45 heavy (non-hydrogen) atoms. The van der Waals surface area contributed by atoms with Gasteiger partial charge < -0.3 is 25.1 Å². The summed E-state index contributed by atoms with van der Waals surface area (Å²) in [6, 6.07) is 15.2. The van der Waals surface area contributed by atoms with Crippen LogP contribution in [0.1, 0.15) is 17.1 Å². The van der Waals surface area contributed by atoms with Crippen molar-refractivity contribution in [2.45, 2.75) is 33.0 Å². The molecule has 6 aromatic rings. The number of aryl methyl sites for hydroxylation is 2. The summed E-state index contributed by atoms with van der Waals surface area (Å²) in [4.78, 5) is 26.7. The summed E-state index contributed by atoms with van der Waals surface area (Å²) in [7, 11) is 0. The summed E-state index contributed by atoms with van der Waals surface area (Å²) < 4.78 is 16.3. The number of fused-ring (bicyclic) bond motifs is 1. The van der Waals surface area contributed by atoms with E-state index in [2.05, 4.69) is 45.1 Å². The fraction of sp³-hybridized carbons (Fsp3) is 0.290. The highest BCUT2D eigenvalue weighted by Gasteiger charge is 2.21. The topological polar surface area (TPSA) is 159 Å². The number of imidazole rings is 1. The highest BCUT2D eigenvalue weighted by Crippen LogP contribution is 2.26. The summed E-state index contributed by atoms with van der Waals surface area (Å²) in [6.07, 6.45) is 5.47. The maximum absolute atomic E-state index is 12.5. The maximum Gasteiger partial charge on any atom is 0.325 e. The van der Waals surface area contributed by atoms with Gasteiger partial charge in [-0.05, 0) is 32.0 Å². The number of carbonyl (C=O) groups excluding carboxylic acids is 1. The van der Waals surface area contributed by atoms with Crippen LogP contribution < -0.4 is 10.6 Å². The summed E-state index contributed by atoms with van der Waals surface area (Å²) in [5.41, 5.74) is 11.8. The molecule has 1 fully saturated rings. The van der Waals surface area contributed by atoms with Crippen LogP contribution in [0.4, 0.5) is 5.82 Å². The zero-order valence-electron chi connectivity index (χ0n) is 25.0. The Hall–Kier alpha value is -5.34. The van der Waals surface area contributed by atoms with Crippen LogP contribution in [0.25, 0.3) is 34.1 Å². The Labute approximate surface area is 258 Å². The van der Waals surface area contributed by atoms with E-state index in [1.165, 1.54) is 5.56 Å². The molecule has 0 radical (unpaired) electrons. The number of hydrogen-bond acceptors (Lipinski definition) is 10. The Morgan fingerprint density at radius 3 is 2.69 bits per heavy atom. The molecule has 1 atom stereocenters. The van der Waals surface area contributed by atoms with Gasteiger partial charge in [0.2, 0.25) is 0 Å². The third-order valence-corrected chi connectivity index (χ3v) is 7.71. The van der Waals surface area contributed by atoms with E-state index in [-0.39, 0.29) is 13.2 Å². The molecule has 0 unspecified atom stereocenters. The Balaban J connectivity index is 1.17. The number of carbonyl (C=O) groups is 1. The maximum atomic E-state index is 12.5. The minimum absolute atomic E-state index is 0.0755. The van der Waals surface area contributed by atoms with Crippen molar-refractivity contribution in [3.05, 3.63) is 84.2 Å². The second-order valence-corrected chi connectivity index (χ2v) is 11.0. The quantitative estimate of drug-likeness (QED) is 0.234. The van der Waals surface area contributed by atoms with E-state index in [0.29, 0.717) is 41.9 Å². The summed E-state index contributed by atoms with van der Waals surface area (Å²) in [5, 5.41) is 14.4. The molecule has 0 bridgehead atoms. The fourth-order valence-electron chi connectivity index (χ4n) is 5.31. The molecular formula is C31H33N11O3. The monoisotopic (exact) mass is 607 g/mol. The molecule has 230 valence electrons. The van der Waals surface area contributed by atoms with Crippen molar-refractivity contribution < 1.29 is 14.3 Å². The van der Waals surface area contributed by atoms with Crippen molar-refractivity contribution in [2.24, 2.45) is 5.73 Å². The molecule has 0 spiro atoms. The first-order valence-electron chi connectivity index (χ1n) is 14.7. The van der Waals surface area contributed by atoms with Crippen LogP contribution in [0.2, 0.25) is 0 Å². The molecule has 0 saturated carbocycles. The predicted molar refractivity (Wildman–Crippen MR) is 166 cm³/mol. The van der Waals surface area contributed by atoms with E-state index >= 15 is 0 Å². The highest BCUT2D eigenvalue weighted by atomic mass is 16.5. The minimum Gasteiger partial charge on any atom is -0.441 e. The fourth-order valence-corrected chi connectivity index (χ4v) is 5.31. The number of H-pyrrole nitrogens is 1. The lowest BCUT2D eigenvalue weighted by Gasteiger charge is -2.29. The molecule has 1 aliphatic heterocycles. The van der Waals surface area contributed by atoms with Gasteiger partial charge in [0.1, 0.15) is 29.1 Å². The molecule has 0 amide bonds. The van der Waals surface area contributed by atoms with Crippen molar-refractivity contribution in [1.29, 1.82) is 0 Å². The van der Waals surface area contributed by atoms with Gasteiger partial charge in [-0.1, -0.05) is 23.8 Å². The smallest absolute Gasteiger partial charge is 0.325 e. The van der Waals surface area contributed by atoms with Gasteiger partial charge >= 0.3 is 5.97 Å². The second-order valence-electron chi connectivity index (χ2n) is 11.0. The summed E-state index contributed by atoms with van der Waals surface area (Å²) >= 11 is 0. The van der Waals surface area contributed by atoms with Crippen molar-refractivity contribution in [1.82, 2.24) is 44.1 Å². The number of benzene rings is 1. The Kier molecular flexibility index (Phi) is 7.57. The normalized spacial score (nSPS) is 14.2. The third kappa shape index (κ3) is 5.92. The van der Waals surface area contributed by atoms with Gasteiger partial charge in [-0.15, -0.1) is 0 Å². The average Bonchev–Trinajstić information content (AvgIpc) is 3.87. The lowest BCUT2D eigenvalue weighted by Crippen LogP contribution is -2.37. The van der Waals surface area contributed by atoms with Crippen LogP contribution in [0, 0.1) is 13.8 Å². The van der Waals surface area contributed by atoms with E-state index < -0.39 is 12.0 Å². The van der Waals surface area contributed by atoms with Crippen LogP contribution in [-0.2, 0) is 27.4 Å². The van der Waals surface area contributed by atoms with Gasteiger partial charge in [-0.2, -0.15) is 19.8 Å². The minimum atomic E-state index is -0.841. The van der Waals surface area contributed by atoms with Gasteiger partial charge in [-0.3, -0.25) is 4.79 Å². The third-order valence-electron chi connectivity index (χ3n) is 7.71. The molecule has 3 N–H and O–H groups in total. The number of morpholine rings is 1. The predicted octanol–water partition coefficient (Wildman–Crippen LogP) is 2.69. The SMILES string of the molecule is Cc1cccc(-c2ccn(-c3cc(N4CCOCC4)n4nc(-c5cc(C)n(COC(=O)[C@@H](N)Cc6ncc[nH]6)n5)cc4n3)n2)c1.